The lowest BCUT2D eigenvalue weighted by Gasteiger charge is -2.36. The molecule has 0 spiro atoms. The SMILES string of the molecule is C=CC(=O)Nc1cc(Nc2nccc(-c3cc(C#N)c4c(c3)c(C)cn4C)n2)c(OC)cc1N(C)CC[N+](C)(C)[O-]. The molecule has 1 amide bonds. The third-order valence-corrected chi connectivity index (χ3v) is 6.74. The van der Waals surface area contributed by atoms with E-state index in [0.717, 1.165) is 22.0 Å². The highest BCUT2D eigenvalue weighted by Gasteiger charge is 2.18. The summed E-state index contributed by atoms with van der Waals surface area (Å²) in [7, 11) is 8.47. The molecule has 0 unspecified atom stereocenters. The van der Waals surface area contributed by atoms with Crippen molar-refractivity contribution >= 4 is 39.8 Å². The van der Waals surface area contributed by atoms with Crippen molar-refractivity contribution in [2.75, 3.05) is 56.9 Å². The van der Waals surface area contributed by atoms with E-state index in [9.17, 15) is 15.3 Å². The minimum atomic E-state index is -0.449. The number of amides is 1. The maximum atomic E-state index is 12.3. The smallest absolute Gasteiger partial charge is 0.247 e. The topological polar surface area (TPSA) is 131 Å². The van der Waals surface area contributed by atoms with Crippen molar-refractivity contribution in [2.45, 2.75) is 6.92 Å². The standard InChI is InChI=1S/C30H34N8O3/c1-8-28(39)33-24-15-25(27(41-7)16-26(24)36(3)11-12-38(5,6)40)35-30-32-10-9-23(34-30)20-13-21(17-31)29-22(14-20)19(2)18-37(29)4/h8-10,13-16,18H,1,11-12H2,2-7H3,(H,33,39)(H,32,34,35). The van der Waals surface area contributed by atoms with Gasteiger partial charge in [-0.1, -0.05) is 6.58 Å². The number of fused-ring (bicyclic) bond motifs is 1. The molecule has 0 fully saturated rings. The number of carbonyl (C=O) groups is 1. The lowest BCUT2D eigenvalue weighted by molar-refractivity contribution is -0.838. The van der Waals surface area contributed by atoms with Crippen LogP contribution in [0, 0.1) is 23.5 Å². The van der Waals surface area contributed by atoms with Gasteiger partial charge in [-0.25, -0.2) is 9.97 Å². The average molecular weight is 555 g/mol. The monoisotopic (exact) mass is 554 g/mol. The van der Waals surface area contributed by atoms with E-state index in [1.54, 1.807) is 45.6 Å². The molecule has 0 atom stereocenters. The van der Waals surface area contributed by atoms with E-state index in [1.165, 1.54) is 6.08 Å². The number of carbonyl (C=O) groups excluding carboxylic acids is 1. The second-order valence-electron chi connectivity index (χ2n) is 10.3. The normalized spacial score (nSPS) is 11.2. The number of hydrogen-bond acceptors (Lipinski definition) is 8. The minimum absolute atomic E-state index is 0.302. The largest absolute Gasteiger partial charge is 0.633 e. The zero-order valence-corrected chi connectivity index (χ0v) is 24.1. The highest BCUT2D eigenvalue weighted by molar-refractivity contribution is 6.02. The summed E-state index contributed by atoms with van der Waals surface area (Å²) in [6.07, 6.45) is 4.82. The van der Waals surface area contributed by atoms with Crippen LogP contribution in [0.3, 0.4) is 0 Å². The van der Waals surface area contributed by atoms with Crippen LogP contribution < -0.4 is 20.3 Å². The van der Waals surface area contributed by atoms with Crippen molar-refractivity contribution in [1.29, 1.82) is 5.26 Å². The van der Waals surface area contributed by atoms with Gasteiger partial charge in [-0.3, -0.25) is 4.79 Å². The number of methoxy groups -OCH3 is 1. The number of benzene rings is 2. The van der Waals surface area contributed by atoms with E-state index in [-0.39, 0.29) is 5.91 Å². The van der Waals surface area contributed by atoms with Crippen molar-refractivity contribution in [3.63, 3.8) is 0 Å². The van der Waals surface area contributed by atoms with E-state index in [2.05, 4.69) is 28.3 Å². The van der Waals surface area contributed by atoms with Gasteiger partial charge in [-0.2, -0.15) is 5.26 Å². The molecule has 0 radical (unpaired) electrons. The van der Waals surface area contributed by atoms with Gasteiger partial charge in [0, 0.05) is 43.5 Å². The molecule has 2 aromatic heterocycles. The summed E-state index contributed by atoms with van der Waals surface area (Å²) >= 11 is 0. The van der Waals surface area contributed by atoms with Crippen LogP contribution in [-0.2, 0) is 11.8 Å². The maximum absolute atomic E-state index is 12.3. The number of hydrogen-bond donors (Lipinski definition) is 2. The lowest BCUT2D eigenvalue weighted by Crippen LogP contribution is -2.39. The first-order valence-corrected chi connectivity index (χ1v) is 12.9. The number of likely N-dealkylation sites (N-methyl/N-ethyl adjacent to an activating group) is 2. The number of rotatable bonds is 10. The van der Waals surface area contributed by atoms with E-state index in [4.69, 9.17) is 9.72 Å². The van der Waals surface area contributed by atoms with Crippen LogP contribution in [0.5, 0.6) is 5.75 Å². The molecule has 0 bridgehead atoms. The van der Waals surface area contributed by atoms with Crippen LogP contribution in [0.15, 0.2) is 55.4 Å². The third kappa shape index (κ3) is 6.46. The number of nitrogens with zero attached hydrogens (tertiary/aromatic N) is 6. The van der Waals surface area contributed by atoms with Crippen molar-refractivity contribution < 1.29 is 14.2 Å². The lowest BCUT2D eigenvalue weighted by atomic mass is 10.0. The molecule has 0 aliphatic carbocycles. The molecule has 2 heterocycles. The van der Waals surface area contributed by atoms with Gasteiger partial charge in [0.2, 0.25) is 11.9 Å². The van der Waals surface area contributed by atoms with Gasteiger partial charge in [0.05, 0.1) is 68.1 Å². The first kappa shape index (κ1) is 29.1. The Morgan fingerprint density at radius 1 is 1.29 bits per heavy atom. The van der Waals surface area contributed by atoms with Gasteiger partial charge in [0.1, 0.15) is 11.8 Å². The molecule has 41 heavy (non-hydrogen) atoms. The van der Waals surface area contributed by atoms with E-state index < -0.39 is 4.65 Å². The molecule has 0 aliphatic heterocycles. The fourth-order valence-electron chi connectivity index (χ4n) is 4.62. The summed E-state index contributed by atoms with van der Waals surface area (Å²) in [5, 5.41) is 29.0. The molecular weight excluding hydrogens is 520 g/mol. The van der Waals surface area contributed by atoms with Crippen LogP contribution in [-0.4, -0.2) is 66.4 Å². The Balaban J connectivity index is 1.72. The quantitative estimate of drug-likeness (QED) is 0.164. The summed E-state index contributed by atoms with van der Waals surface area (Å²) in [6, 6.07) is 11.4. The Morgan fingerprint density at radius 2 is 2.05 bits per heavy atom. The van der Waals surface area contributed by atoms with Crippen LogP contribution in [0.25, 0.3) is 22.2 Å². The Morgan fingerprint density at radius 3 is 2.71 bits per heavy atom. The van der Waals surface area contributed by atoms with Crippen LogP contribution >= 0.6 is 0 Å². The molecule has 2 N–H and O–H groups in total. The first-order chi connectivity index (χ1) is 19.4. The molecular formula is C30H34N8O3. The Labute approximate surface area is 239 Å². The molecule has 0 saturated heterocycles. The van der Waals surface area contributed by atoms with E-state index >= 15 is 0 Å². The fourth-order valence-corrected chi connectivity index (χ4v) is 4.62. The fraction of sp³-hybridized carbons (Fsp3) is 0.267. The van der Waals surface area contributed by atoms with Crippen molar-refractivity contribution in [2.24, 2.45) is 7.05 Å². The van der Waals surface area contributed by atoms with Crippen molar-refractivity contribution in [1.82, 2.24) is 14.5 Å². The number of hydroxylamine groups is 3. The van der Waals surface area contributed by atoms with Gasteiger partial charge >= 0.3 is 0 Å². The average Bonchev–Trinajstić information content (AvgIpc) is 3.23. The zero-order chi connectivity index (χ0) is 29.9. The van der Waals surface area contributed by atoms with Gasteiger partial charge in [-0.05, 0) is 42.8 Å². The number of anilines is 4. The number of aromatic nitrogens is 3. The molecule has 0 aliphatic rings. The number of nitriles is 1. The zero-order valence-electron chi connectivity index (χ0n) is 24.1. The van der Waals surface area contributed by atoms with Crippen LogP contribution in [0.4, 0.5) is 23.0 Å². The van der Waals surface area contributed by atoms with E-state index in [0.29, 0.717) is 53.1 Å². The molecule has 0 saturated carbocycles. The van der Waals surface area contributed by atoms with Crippen molar-refractivity contribution in [3.05, 3.63) is 71.7 Å². The Kier molecular flexibility index (Phi) is 8.28. The van der Waals surface area contributed by atoms with Gasteiger partial charge in [0.25, 0.3) is 0 Å². The van der Waals surface area contributed by atoms with Gasteiger partial charge < -0.3 is 34.7 Å². The van der Waals surface area contributed by atoms with Crippen molar-refractivity contribution in [3.8, 4) is 23.1 Å². The molecule has 212 valence electrons. The Hall–Kier alpha value is -4.92. The molecule has 4 rings (SSSR count). The number of aryl methyl sites for hydroxylation is 2. The summed E-state index contributed by atoms with van der Waals surface area (Å²) in [6.45, 7) is 6.35. The second kappa shape index (κ2) is 11.7. The van der Waals surface area contributed by atoms with Crippen LogP contribution in [0.2, 0.25) is 0 Å². The summed E-state index contributed by atoms with van der Waals surface area (Å²) < 4.78 is 7.17. The summed E-state index contributed by atoms with van der Waals surface area (Å²) in [4.78, 5) is 23.2. The number of ether oxygens (including phenoxy) is 1. The summed E-state index contributed by atoms with van der Waals surface area (Å²) in [5.74, 6) is 0.409. The molecule has 4 aromatic rings. The predicted octanol–water partition coefficient (Wildman–Crippen LogP) is 4.70. The highest BCUT2D eigenvalue weighted by Crippen LogP contribution is 2.38. The third-order valence-electron chi connectivity index (χ3n) is 6.74. The predicted molar refractivity (Wildman–Crippen MR) is 162 cm³/mol. The molecule has 2 aromatic carbocycles. The maximum Gasteiger partial charge on any atom is 0.247 e. The first-order valence-electron chi connectivity index (χ1n) is 12.9. The number of nitrogens with one attached hydrogen (secondary N) is 2. The van der Waals surface area contributed by atoms with Crippen LogP contribution in [0.1, 0.15) is 11.1 Å². The van der Waals surface area contributed by atoms with E-state index in [1.807, 2.05) is 48.8 Å². The highest BCUT2D eigenvalue weighted by atomic mass is 16.5. The molecule has 11 heteroatoms. The minimum Gasteiger partial charge on any atom is -0.633 e. The van der Waals surface area contributed by atoms with Gasteiger partial charge in [0.15, 0.2) is 0 Å². The second-order valence-corrected chi connectivity index (χ2v) is 10.3. The Bertz CT molecular complexity index is 1660. The van der Waals surface area contributed by atoms with Gasteiger partial charge in [-0.15, -0.1) is 0 Å². The summed E-state index contributed by atoms with van der Waals surface area (Å²) in [5.41, 5.74) is 5.61. The number of quaternary nitrogens is 1. The molecule has 11 nitrogen and oxygen atoms in total.